The van der Waals surface area contributed by atoms with Crippen LogP contribution in [0.1, 0.15) is 0 Å². The minimum atomic E-state index is -0.115. The molecule has 2 rings (SSSR count). The van der Waals surface area contributed by atoms with Gasteiger partial charge in [-0.25, -0.2) is 0 Å². The summed E-state index contributed by atoms with van der Waals surface area (Å²) in [7, 11) is 0. The summed E-state index contributed by atoms with van der Waals surface area (Å²) < 4.78 is 0. The maximum absolute atomic E-state index is 11.7. The second kappa shape index (κ2) is 4.57. The molecule has 0 aromatic heterocycles. The van der Waals surface area contributed by atoms with Crippen LogP contribution in [-0.2, 0) is 9.59 Å². The van der Waals surface area contributed by atoms with Crippen LogP contribution in [0.3, 0.4) is 0 Å². The summed E-state index contributed by atoms with van der Waals surface area (Å²) in [5.74, 6) is -0.184. The van der Waals surface area contributed by atoms with E-state index in [1.807, 2.05) is 30.5 Å². The van der Waals surface area contributed by atoms with Gasteiger partial charge in [-0.15, -0.1) is 11.8 Å². The van der Waals surface area contributed by atoms with E-state index in [2.05, 4.69) is 5.32 Å². The van der Waals surface area contributed by atoms with Gasteiger partial charge in [0, 0.05) is 4.90 Å². The van der Waals surface area contributed by atoms with Gasteiger partial charge >= 0.3 is 0 Å². The lowest BCUT2D eigenvalue weighted by Crippen LogP contribution is -2.51. The molecule has 0 unspecified atom stereocenters. The molecule has 0 saturated carbocycles. The number of anilines is 1. The largest absolute Gasteiger partial charge is 0.345 e. The van der Waals surface area contributed by atoms with Crippen LogP contribution in [0.5, 0.6) is 0 Å². The van der Waals surface area contributed by atoms with Crippen LogP contribution in [0, 0.1) is 0 Å². The summed E-state index contributed by atoms with van der Waals surface area (Å²) in [6.07, 6.45) is 1.95. The van der Waals surface area contributed by atoms with Gasteiger partial charge in [-0.1, -0.05) is 12.1 Å². The van der Waals surface area contributed by atoms with Crippen molar-refractivity contribution in [3.63, 3.8) is 0 Å². The molecule has 1 aliphatic rings. The first-order chi connectivity index (χ1) is 7.72. The quantitative estimate of drug-likeness (QED) is 0.775. The molecule has 1 N–H and O–H groups in total. The number of nitrogens with one attached hydrogen (secondary N) is 1. The number of thioether (sulfide) groups is 1. The Kier molecular flexibility index (Phi) is 3.14. The minimum absolute atomic E-state index is 0.0684. The molecule has 16 heavy (non-hydrogen) atoms. The highest BCUT2D eigenvalue weighted by atomic mass is 32.2. The highest BCUT2D eigenvalue weighted by Crippen LogP contribution is 2.28. The van der Waals surface area contributed by atoms with Crippen LogP contribution in [0.2, 0.25) is 0 Å². The zero-order valence-corrected chi connectivity index (χ0v) is 9.71. The maximum atomic E-state index is 11.7. The average Bonchev–Trinajstić information content (AvgIpc) is 2.32. The molecule has 1 aliphatic heterocycles. The number of piperazine rings is 1. The Hall–Kier alpha value is -1.49. The minimum Gasteiger partial charge on any atom is -0.345 e. The van der Waals surface area contributed by atoms with Gasteiger partial charge in [0.2, 0.25) is 11.8 Å². The molecule has 0 aliphatic carbocycles. The first kappa shape index (κ1) is 11.0. The number of hydrogen-bond donors (Lipinski definition) is 1. The van der Waals surface area contributed by atoms with Crippen molar-refractivity contribution in [2.75, 3.05) is 24.2 Å². The fraction of sp³-hybridized carbons (Fsp3) is 0.273. The van der Waals surface area contributed by atoms with Gasteiger partial charge in [-0.05, 0) is 18.4 Å². The van der Waals surface area contributed by atoms with Gasteiger partial charge in [-0.3, -0.25) is 9.59 Å². The van der Waals surface area contributed by atoms with Crippen molar-refractivity contribution in [3.05, 3.63) is 24.3 Å². The first-order valence-electron chi connectivity index (χ1n) is 4.92. The molecular formula is C11H12N2O2S. The highest BCUT2D eigenvalue weighted by molar-refractivity contribution is 7.98. The Balaban J connectivity index is 2.34. The monoisotopic (exact) mass is 236 g/mol. The van der Waals surface area contributed by atoms with E-state index in [4.69, 9.17) is 0 Å². The van der Waals surface area contributed by atoms with Crippen molar-refractivity contribution in [2.45, 2.75) is 4.90 Å². The van der Waals surface area contributed by atoms with Crippen LogP contribution in [-0.4, -0.2) is 31.2 Å². The Bertz CT molecular complexity index is 434. The zero-order valence-electron chi connectivity index (χ0n) is 8.90. The van der Waals surface area contributed by atoms with Crippen LogP contribution < -0.4 is 10.2 Å². The lowest BCUT2D eigenvalue weighted by molar-refractivity contribution is -0.128. The van der Waals surface area contributed by atoms with Crippen molar-refractivity contribution in [2.24, 2.45) is 0 Å². The van der Waals surface area contributed by atoms with Gasteiger partial charge in [-0.2, -0.15) is 0 Å². The lowest BCUT2D eigenvalue weighted by Gasteiger charge is -2.28. The molecule has 0 atom stereocenters. The summed E-state index contributed by atoms with van der Waals surface area (Å²) in [5, 5.41) is 2.53. The highest BCUT2D eigenvalue weighted by Gasteiger charge is 2.25. The number of amides is 2. The van der Waals surface area contributed by atoms with Gasteiger partial charge in [0.05, 0.1) is 12.2 Å². The number of nitrogens with zero attached hydrogens (tertiary/aromatic N) is 1. The summed E-state index contributed by atoms with van der Waals surface area (Å²) in [5.41, 5.74) is 0.815. The van der Waals surface area contributed by atoms with Gasteiger partial charge in [0.25, 0.3) is 0 Å². The molecule has 84 valence electrons. The van der Waals surface area contributed by atoms with E-state index in [0.29, 0.717) is 0 Å². The molecule has 2 amide bonds. The molecule has 1 saturated heterocycles. The normalized spacial score (nSPS) is 16.2. The summed E-state index contributed by atoms with van der Waals surface area (Å²) >= 11 is 1.57. The molecule has 0 bridgehead atoms. The van der Waals surface area contributed by atoms with Gasteiger partial charge in [0.1, 0.15) is 6.54 Å². The molecule has 4 nitrogen and oxygen atoms in total. The van der Waals surface area contributed by atoms with Crippen LogP contribution in [0.4, 0.5) is 5.69 Å². The number of para-hydroxylation sites is 1. The van der Waals surface area contributed by atoms with Crippen LogP contribution in [0.15, 0.2) is 29.2 Å². The Morgan fingerprint density at radius 2 is 2.06 bits per heavy atom. The van der Waals surface area contributed by atoms with E-state index in [9.17, 15) is 9.59 Å². The molecule has 0 spiro atoms. The number of rotatable bonds is 2. The Morgan fingerprint density at radius 3 is 2.81 bits per heavy atom. The van der Waals surface area contributed by atoms with Crippen molar-refractivity contribution in [1.82, 2.24) is 5.32 Å². The molecule has 1 aromatic carbocycles. The van der Waals surface area contributed by atoms with E-state index in [-0.39, 0.29) is 24.9 Å². The summed E-state index contributed by atoms with van der Waals surface area (Å²) in [4.78, 5) is 25.5. The van der Waals surface area contributed by atoms with Crippen LogP contribution in [0.25, 0.3) is 0 Å². The smallest absolute Gasteiger partial charge is 0.246 e. The second-order valence-corrected chi connectivity index (χ2v) is 4.28. The first-order valence-corrected chi connectivity index (χ1v) is 6.15. The van der Waals surface area contributed by atoms with E-state index in [0.717, 1.165) is 10.6 Å². The topological polar surface area (TPSA) is 49.4 Å². The predicted octanol–water partition coefficient (Wildman–Crippen LogP) is 0.871. The summed E-state index contributed by atoms with van der Waals surface area (Å²) in [6, 6.07) is 7.60. The molecule has 5 heteroatoms. The number of hydrogen-bond acceptors (Lipinski definition) is 3. The van der Waals surface area contributed by atoms with Gasteiger partial charge < -0.3 is 10.2 Å². The maximum Gasteiger partial charge on any atom is 0.246 e. The molecule has 1 aromatic rings. The number of benzene rings is 1. The van der Waals surface area contributed by atoms with Crippen molar-refractivity contribution >= 4 is 29.3 Å². The second-order valence-electron chi connectivity index (χ2n) is 3.43. The van der Waals surface area contributed by atoms with Crippen molar-refractivity contribution in [3.8, 4) is 0 Å². The fourth-order valence-corrected chi connectivity index (χ4v) is 2.23. The predicted molar refractivity (Wildman–Crippen MR) is 63.6 cm³/mol. The van der Waals surface area contributed by atoms with E-state index < -0.39 is 0 Å². The Labute approximate surface area is 98.0 Å². The van der Waals surface area contributed by atoms with Crippen molar-refractivity contribution < 1.29 is 9.59 Å². The number of carbonyl (C=O) groups excluding carboxylic acids is 2. The SMILES string of the molecule is CSc1ccccc1N1CC(=O)NCC1=O. The molecule has 1 fully saturated rings. The fourth-order valence-electron chi connectivity index (χ4n) is 1.63. The summed E-state index contributed by atoms with van der Waals surface area (Å²) in [6.45, 7) is 0.192. The third-order valence-electron chi connectivity index (χ3n) is 2.42. The third kappa shape index (κ3) is 2.04. The van der Waals surface area contributed by atoms with E-state index in [1.165, 1.54) is 4.90 Å². The van der Waals surface area contributed by atoms with Crippen molar-refractivity contribution in [1.29, 1.82) is 0 Å². The molecular weight excluding hydrogens is 224 g/mol. The molecule has 0 radical (unpaired) electrons. The third-order valence-corrected chi connectivity index (χ3v) is 3.20. The van der Waals surface area contributed by atoms with E-state index in [1.54, 1.807) is 11.8 Å². The average molecular weight is 236 g/mol. The number of carbonyl (C=O) groups is 2. The Morgan fingerprint density at radius 1 is 1.31 bits per heavy atom. The standard InChI is InChI=1S/C11H12N2O2S/c1-16-9-5-3-2-4-8(9)13-7-10(14)12-6-11(13)15/h2-5H,6-7H2,1H3,(H,12,14). The lowest BCUT2D eigenvalue weighted by atomic mass is 10.2. The molecule has 1 heterocycles. The van der Waals surface area contributed by atoms with Gasteiger partial charge in [0.15, 0.2) is 0 Å². The van der Waals surface area contributed by atoms with E-state index >= 15 is 0 Å². The van der Waals surface area contributed by atoms with Crippen LogP contribution >= 0.6 is 11.8 Å². The zero-order chi connectivity index (χ0) is 11.5.